The van der Waals surface area contributed by atoms with E-state index in [2.05, 4.69) is 0 Å². The lowest BCUT2D eigenvalue weighted by Gasteiger charge is -2.18. The van der Waals surface area contributed by atoms with Gasteiger partial charge in [-0.05, 0) is 61.4 Å². The van der Waals surface area contributed by atoms with Gasteiger partial charge < -0.3 is 14.4 Å². The van der Waals surface area contributed by atoms with E-state index in [0.717, 1.165) is 35.6 Å². The second-order valence-corrected chi connectivity index (χ2v) is 9.19. The first kappa shape index (κ1) is 25.9. The van der Waals surface area contributed by atoms with Gasteiger partial charge in [0.2, 0.25) is 5.91 Å². The Morgan fingerprint density at radius 1 is 1.11 bits per heavy atom. The average molecular weight is 526 g/mol. The SMILES string of the molecule is CCOc1cc(/C=C2\SC(=O)N(CC(=O)N3CCCC3)C2=O)ccc1OC(=O)c1cccc([N+](=O)[O-])c1. The van der Waals surface area contributed by atoms with Gasteiger partial charge in [-0.2, -0.15) is 0 Å². The van der Waals surface area contributed by atoms with E-state index >= 15 is 0 Å². The molecule has 0 aromatic heterocycles. The molecule has 0 bridgehead atoms. The van der Waals surface area contributed by atoms with Crippen molar-refractivity contribution < 1.29 is 33.6 Å². The predicted octanol–water partition coefficient (Wildman–Crippen LogP) is 3.87. The summed E-state index contributed by atoms with van der Waals surface area (Å²) < 4.78 is 11.0. The fraction of sp³-hybridized carbons (Fsp3) is 0.280. The monoisotopic (exact) mass is 525 g/mol. The van der Waals surface area contributed by atoms with Gasteiger partial charge in [0.25, 0.3) is 16.8 Å². The maximum atomic E-state index is 12.8. The minimum atomic E-state index is -0.804. The molecule has 0 unspecified atom stereocenters. The van der Waals surface area contributed by atoms with Crippen LogP contribution >= 0.6 is 11.8 Å². The van der Waals surface area contributed by atoms with E-state index in [4.69, 9.17) is 9.47 Å². The number of thioether (sulfide) groups is 1. The van der Waals surface area contributed by atoms with E-state index in [0.29, 0.717) is 18.7 Å². The number of rotatable bonds is 8. The van der Waals surface area contributed by atoms with Crippen molar-refractivity contribution in [3.8, 4) is 11.5 Å². The van der Waals surface area contributed by atoms with Crippen LogP contribution in [0.3, 0.4) is 0 Å². The standard InChI is InChI=1S/C25H23N3O8S/c1-2-35-20-12-16(8-9-19(20)36-24(31)17-6-5-7-18(14-17)28(33)34)13-21-23(30)27(25(32)37-21)15-22(29)26-10-3-4-11-26/h5-9,12-14H,2-4,10-11,15H2,1H3/b21-13-. The van der Waals surface area contributed by atoms with Crippen LogP contribution in [0.15, 0.2) is 47.4 Å². The van der Waals surface area contributed by atoms with Crippen LogP contribution in [0.1, 0.15) is 35.7 Å². The van der Waals surface area contributed by atoms with Crippen molar-refractivity contribution >= 4 is 46.5 Å². The molecular weight excluding hydrogens is 502 g/mol. The van der Waals surface area contributed by atoms with Crippen molar-refractivity contribution in [3.63, 3.8) is 0 Å². The number of imide groups is 1. The number of carbonyl (C=O) groups is 4. The second-order valence-electron chi connectivity index (χ2n) is 8.19. The summed E-state index contributed by atoms with van der Waals surface area (Å²) in [6, 6.07) is 9.74. The summed E-state index contributed by atoms with van der Waals surface area (Å²) in [5, 5.41) is 10.5. The molecule has 2 aliphatic heterocycles. The largest absolute Gasteiger partial charge is 0.490 e. The van der Waals surface area contributed by atoms with E-state index < -0.39 is 22.0 Å². The number of ether oxygens (including phenoxy) is 2. The van der Waals surface area contributed by atoms with Crippen molar-refractivity contribution in [1.29, 1.82) is 0 Å². The Balaban J connectivity index is 1.50. The van der Waals surface area contributed by atoms with Gasteiger partial charge in [0.1, 0.15) is 6.54 Å². The summed E-state index contributed by atoms with van der Waals surface area (Å²) in [7, 11) is 0. The van der Waals surface area contributed by atoms with Gasteiger partial charge in [-0.1, -0.05) is 12.1 Å². The van der Waals surface area contributed by atoms with Gasteiger partial charge in [0, 0.05) is 25.2 Å². The van der Waals surface area contributed by atoms with E-state index in [1.165, 1.54) is 30.3 Å². The highest BCUT2D eigenvalue weighted by Crippen LogP contribution is 2.35. The zero-order valence-electron chi connectivity index (χ0n) is 19.9. The molecule has 2 aromatic rings. The third-order valence-corrected chi connectivity index (χ3v) is 6.59. The second kappa shape index (κ2) is 11.2. The Bertz CT molecular complexity index is 1300. The Hall–Kier alpha value is -4.19. The number of non-ortho nitro benzene ring substituents is 1. The number of carbonyl (C=O) groups excluding carboxylic acids is 4. The third-order valence-electron chi connectivity index (χ3n) is 5.69. The molecule has 2 aliphatic rings. The van der Waals surface area contributed by atoms with Crippen LogP contribution in [0.2, 0.25) is 0 Å². The van der Waals surface area contributed by atoms with Crippen molar-refractivity contribution in [1.82, 2.24) is 9.80 Å². The first-order valence-electron chi connectivity index (χ1n) is 11.5. The van der Waals surface area contributed by atoms with Crippen molar-refractivity contribution in [2.24, 2.45) is 0 Å². The highest BCUT2D eigenvalue weighted by Gasteiger charge is 2.37. The first-order chi connectivity index (χ1) is 17.8. The molecule has 0 N–H and O–H groups in total. The van der Waals surface area contributed by atoms with E-state index in [-0.39, 0.29) is 46.7 Å². The lowest BCUT2D eigenvalue weighted by Crippen LogP contribution is -2.40. The molecule has 0 atom stereocenters. The Morgan fingerprint density at radius 3 is 2.57 bits per heavy atom. The quantitative estimate of drug-likeness (QED) is 0.165. The minimum Gasteiger partial charge on any atom is -0.490 e. The highest BCUT2D eigenvalue weighted by molar-refractivity contribution is 8.18. The van der Waals surface area contributed by atoms with Gasteiger partial charge >= 0.3 is 5.97 Å². The molecule has 37 heavy (non-hydrogen) atoms. The highest BCUT2D eigenvalue weighted by atomic mass is 32.2. The average Bonchev–Trinajstić information content (AvgIpc) is 3.51. The molecule has 0 spiro atoms. The lowest BCUT2D eigenvalue weighted by molar-refractivity contribution is -0.384. The Labute approximate surface area is 216 Å². The number of nitrogens with zero attached hydrogens (tertiary/aromatic N) is 3. The molecular formula is C25H23N3O8S. The molecule has 4 rings (SSSR count). The summed E-state index contributed by atoms with van der Waals surface area (Å²) in [5.41, 5.74) is 0.263. The van der Waals surface area contributed by atoms with Crippen LogP contribution in [0.25, 0.3) is 6.08 Å². The molecule has 12 heteroatoms. The number of hydrogen-bond acceptors (Lipinski definition) is 9. The maximum absolute atomic E-state index is 12.8. The number of nitro groups is 1. The van der Waals surface area contributed by atoms with Crippen LogP contribution in [-0.4, -0.2) is 64.0 Å². The van der Waals surface area contributed by atoms with Gasteiger partial charge in [-0.15, -0.1) is 0 Å². The lowest BCUT2D eigenvalue weighted by atomic mass is 10.1. The molecule has 3 amide bonds. The van der Waals surface area contributed by atoms with Gasteiger partial charge in [0.05, 0.1) is 22.0 Å². The fourth-order valence-electron chi connectivity index (χ4n) is 3.86. The zero-order valence-corrected chi connectivity index (χ0v) is 20.7. The maximum Gasteiger partial charge on any atom is 0.343 e. The Morgan fingerprint density at radius 2 is 1.86 bits per heavy atom. The van der Waals surface area contributed by atoms with Crippen molar-refractivity contribution in [2.75, 3.05) is 26.2 Å². The molecule has 11 nitrogen and oxygen atoms in total. The third kappa shape index (κ3) is 5.97. The first-order valence-corrected chi connectivity index (χ1v) is 12.3. The van der Waals surface area contributed by atoms with Crippen LogP contribution < -0.4 is 9.47 Å². The van der Waals surface area contributed by atoms with E-state index in [1.54, 1.807) is 24.0 Å². The number of benzene rings is 2. The summed E-state index contributed by atoms with van der Waals surface area (Å²) in [6.45, 7) is 2.95. The normalized spacial score (nSPS) is 16.4. The number of likely N-dealkylation sites (tertiary alicyclic amines) is 1. The molecule has 0 radical (unpaired) electrons. The van der Waals surface area contributed by atoms with Gasteiger partial charge in [-0.3, -0.25) is 29.4 Å². The number of nitro benzene ring substituents is 1. The summed E-state index contributed by atoms with van der Waals surface area (Å²) >= 11 is 0.743. The molecule has 2 saturated heterocycles. The summed E-state index contributed by atoms with van der Waals surface area (Å²) in [5.74, 6) is -1.32. The van der Waals surface area contributed by atoms with Crippen LogP contribution in [-0.2, 0) is 9.59 Å². The van der Waals surface area contributed by atoms with Crippen LogP contribution in [0.5, 0.6) is 11.5 Å². The topological polar surface area (TPSA) is 136 Å². The number of hydrogen-bond donors (Lipinski definition) is 0. The van der Waals surface area contributed by atoms with Gasteiger partial charge in [0.15, 0.2) is 11.5 Å². The minimum absolute atomic E-state index is 0.00197. The van der Waals surface area contributed by atoms with Crippen LogP contribution in [0, 0.1) is 10.1 Å². The van der Waals surface area contributed by atoms with Crippen molar-refractivity contribution in [2.45, 2.75) is 19.8 Å². The molecule has 0 aliphatic carbocycles. The molecule has 192 valence electrons. The molecule has 2 fully saturated rings. The fourth-order valence-corrected chi connectivity index (χ4v) is 4.70. The summed E-state index contributed by atoms with van der Waals surface area (Å²) in [6.07, 6.45) is 3.32. The van der Waals surface area contributed by atoms with Gasteiger partial charge in [-0.25, -0.2) is 4.79 Å². The van der Waals surface area contributed by atoms with Crippen molar-refractivity contribution in [3.05, 3.63) is 68.6 Å². The van der Waals surface area contributed by atoms with E-state index in [1.807, 2.05) is 0 Å². The smallest absolute Gasteiger partial charge is 0.343 e. The molecule has 2 aromatic carbocycles. The Kier molecular flexibility index (Phi) is 7.87. The number of esters is 1. The van der Waals surface area contributed by atoms with E-state index in [9.17, 15) is 29.3 Å². The molecule has 2 heterocycles. The predicted molar refractivity (Wildman–Crippen MR) is 134 cm³/mol. The number of amides is 3. The zero-order chi connectivity index (χ0) is 26.5. The summed E-state index contributed by atoms with van der Waals surface area (Å²) in [4.78, 5) is 63.3. The van der Waals surface area contributed by atoms with Crippen LogP contribution in [0.4, 0.5) is 10.5 Å². The molecule has 0 saturated carbocycles.